The van der Waals surface area contributed by atoms with Crippen molar-refractivity contribution in [1.82, 2.24) is 5.32 Å². The summed E-state index contributed by atoms with van der Waals surface area (Å²) in [5, 5.41) is 8.21. The maximum Gasteiger partial charge on any atom is 0.209 e. The maximum absolute atomic E-state index is 12.7. The van der Waals surface area contributed by atoms with E-state index >= 15 is 0 Å². The van der Waals surface area contributed by atoms with Crippen molar-refractivity contribution in [2.24, 2.45) is 5.14 Å². The Morgan fingerprint density at radius 1 is 1.41 bits per heavy atom. The third kappa shape index (κ3) is 5.97. The quantitative estimate of drug-likeness (QED) is 0.770. The molecular formula is C10H14ClFN2O2S. The molecular weight excluding hydrogens is 267 g/mol. The molecule has 3 N–H and O–H groups in total. The molecule has 0 atom stereocenters. The van der Waals surface area contributed by atoms with Crippen LogP contribution < -0.4 is 10.5 Å². The van der Waals surface area contributed by atoms with E-state index in [2.05, 4.69) is 5.32 Å². The lowest BCUT2D eigenvalue weighted by molar-refractivity contribution is 0.590. The van der Waals surface area contributed by atoms with Gasteiger partial charge in [0, 0.05) is 11.6 Å². The van der Waals surface area contributed by atoms with E-state index in [-0.39, 0.29) is 11.6 Å². The van der Waals surface area contributed by atoms with E-state index < -0.39 is 10.0 Å². The first kappa shape index (κ1) is 14.4. The summed E-state index contributed by atoms with van der Waals surface area (Å²) in [6.07, 6.45) is 0.428. The Bertz CT molecular complexity index is 479. The van der Waals surface area contributed by atoms with E-state index in [1.54, 1.807) is 6.07 Å². The molecule has 0 fully saturated rings. The summed E-state index contributed by atoms with van der Waals surface area (Å²) in [6, 6.07) is 4.15. The fraction of sp³-hybridized carbons (Fsp3) is 0.400. The van der Waals surface area contributed by atoms with E-state index in [4.69, 9.17) is 16.7 Å². The van der Waals surface area contributed by atoms with Crippen molar-refractivity contribution >= 4 is 21.6 Å². The minimum absolute atomic E-state index is 0.0584. The fourth-order valence-corrected chi connectivity index (χ4v) is 2.07. The summed E-state index contributed by atoms with van der Waals surface area (Å²) in [7, 11) is -3.40. The minimum atomic E-state index is -3.40. The molecule has 1 aromatic rings. The molecule has 0 saturated carbocycles. The molecule has 0 saturated heterocycles. The van der Waals surface area contributed by atoms with Crippen LogP contribution in [0.1, 0.15) is 12.0 Å². The number of nitrogens with two attached hydrogens (primary N) is 1. The summed E-state index contributed by atoms with van der Waals surface area (Å²) in [5.41, 5.74) is 0.767. The van der Waals surface area contributed by atoms with Gasteiger partial charge in [0.25, 0.3) is 0 Å². The van der Waals surface area contributed by atoms with E-state index in [1.807, 2.05) is 0 Å². The molecule has 0 spiro atoms. The third-order valence-electron chi connectivity index (χ3n) is 2.11. The maximum atomic E-state index is 12.7. The number of halogens is 2. The largest absolute Gasteiger partial charge is 0.313 e. The lowest BCUT2D eigenvalue weighted by Gasteiger charge is -2.06. The van der Waals surface area contributed by atoms with Crippen molar-refractivity contribution in [3.05, 3.63) is 34.6 Å². The van der Waals surface area contributed by atoms with Gasteiger partial charge in [-0.15, -0.1) is 0 Å². The molecule has 1 rings (SSSR count). The normalized spacial score (nSPS) is 11.7. The van der Waals surface area contributed by atoms with Crippen molar-refractivity contribution in [2.75, 3.05) is 12.3 Å². The average Bonchev–Trinajstić information content (AvgIpc) is 2.18. The van der Waals surface area contributed by atoms with Gasteiger partial charge in [-0.25, -0.2) is 17.9 Å². The zero-order chi connectivity index (χ0) is 12.9. The monoisotopic (exact) mass is 280 g/mol. The molecule has 7 heteroatoms. The van der Waals surface area contributed by atoms with E-state index in [1.165, 1.54) is 12.1 Å². The molecule has 0 aromatic heterocycles. The van der Waals surface area contributed by atoms with Crippen LogP contribution in [0.15, 0.2) is 18.2 Å². The number of sulfonamides is 1. The van der Waals surface area contributed by atoms with Crippen LogP contribution in [-0.4, -0.2) is 20.7 Å². The molecule has 0 heterocycles. The number of nitrogens with one attached hydrogen (secondary N) is 1. The van der Waals surface area contributed by atoms with Crippen LogP contribution in [-0.2, 0) is 16.6 Å². The van der Waals surface area contributed by atoms with E-state index in [9.17, 15) is 12.8 Å². The summed E-state index contributed by atoms with van der Waals surface area (Å²) in [4.78, 5) is 0. The SMILES string of the molecule is NS(=O)(=O)CCCNCc1ccc(F)cc1Cl. The van der Waals surface area contributed by atoms with Gasteiger partial charge in [0.05, 0.1) is 5.75 Å². The predicted octanol–water partition coefficient (Wildman–Crippen LogP) is 1.25. The molecule has 0 aliphatic rings. The van der Waals surface area contributed by atoms with Crippen LogP contribution in [0.4, 0.5) is 4.39 Å². The highest BCUT2D eigenvalue weighted by molar-refractivity contribution is 7.89. The molecule has 0 aliphatic heterocycles. The standard InChI is InChI=1S/C10H14ClFN2O2S/c11-10-6-9(12)3-2-8(10)7-14-4-1-5-17(13,15)16/h2-3,6,14H,1,4-5,7H2,(H2,13,15,16). The van der Waals surface area contributed by atoms with Crippen LogP contribution >= 0.6 is 11.6 Å². The van der Waals surface area contributed by atoms with Crippen molar-refractivity contribution in [3.63, 3.8) is 0 Å². The van der Waals surface area contributed by atoms with Crippen LogP contribution in [0, 0.1) is 5.82 Å². The Balaban J connectivity index is 2.32. The fourth-order valence-electron chi connectivity index (χ4n) is 1.29. The van der Waals surface area contributed by atoms with E-state index in [0.717, 1.165) is 5.56 Å². The molecule has 0 bridgehead atoms. The van der Waals surface area contributed by atoms with Crippen LogP contribution in [0.5, 0.6) is 0 Å². The predicted molar refractivity (Wildman–Crippen MR) is 65.7 cm³/mol. The minimum Gasteiger partial charge on any atom is -0.313 e. The molecule has 17 heavy (non-hydrogen) atoms. The molecule has 0 aliphatic carbocycles. The smallest absolute Gasteiger partial charge is 0.209 e. The number of benzene rings is 1. The number of hydrogen-bond donors (Lipinski definition) is 2. The van der Waals surface area contributed by atoms with Gasteiger partial charge in [0.15, 0.2) is 0 Å². The number of rotatable bonds is 6. The molecule has 0 radical (unpaired) electrons. The number of hydrogen-bond acceptors (Lipinski definition) is 3. The highest BCUT2D eigenvalue weighted by Gasteiger charge is 2.03. The van der Waals surface area contributed by atoms with Gasteiger partial charge in [0.1, 0.15) is 5.82 Å². The second-order valence-electron chi connectivity index (χ2n) is 3.63. The van der Waals surface area contributed by atoms with Crippen molar-refractivity contribution in [2.45, 2.75) is 13.0 Å². The highest BCUT2D eigenvalue weighted by atomic mass is 35.5. The Labute approximate surface area is 105 Å². The summed E-state index contributed by atoms with van der Waals surface area (Å²) < 4.78 is 34.0. The van der Waals surface area contributed by atoms with Gasteiger partial charge in [-0.3, -0.25) is 0 Å². The lowest BCUT2D eigenvalue weighted by atomic mass is 10.2. The van der Waals surface area contributed by atoms with Crippen LogP contribution in [0.3, 0.4) is 0 Å². The Kier molecular flexibility index (Phi) is 5.32. The second kappa shape index (κ2) is 6.30. The van der Waals surface area contributed by atoms with Crippen LogP contribution in [0.25, 0.3) is 0 Å². The Hall–Kier alpha value is -0.690. The van der Waals surface area contributed by atoms with Gasteiger partial charge in [-0.1, -0.05) is 17.7 Å². The zero-order valence-electron chi connectivity index (χ0n) is 9.12. The highest BCUT2D eigenvalue weighted by Crippen LogP contribution is 2.16. The first-order chi connectivity index (χ1) is 7.88. The molecule has 1 aromatic carbocycles. The van der Waals surface area contributed by atoms with Gasteiger partial charge in [-0.05, 0) is 30.7 Å². The van der Waals surface area contributed by atoms with Crippen LogP contribution in [0.2, 0.25) is 5.02 Å². The van der Waals surface area contributed by atoms with Crippen molar-refractivity contribution in [3.8, 4) is 0 Å². The zero-order valence-corrected chi connectivity index (χ0v) is 10.7. The van der Waals surface area contributed by atoms with Gasteiger partial charge in [0.2, 0.25) is 10.0 Å². The average molecular weight is 281 g/mol. The van der Waals surface area contributed by atoms with Crippen molar-refractivity contribution < 1.29 is 12.8 Å². The summed E-state index contributed by atoms with van der Waals surface area (Å²) in [6.45, 7) is 0.966. The molecule has 0 unspecified atom stereocenters. The summed E-state index contributed by atoms with van der Waals surface area (Å²) >= 11 is 5.82. The van der Waals surface area contributed by atoms with Crippen molar-refractivity contribution in [1.29, 1.82) is 0 Å². The lowest BCUT2D eigenvalue weighted by Crippen LogP contribution is -2.22. The van der Waals surface area contributed by atoms with Gasteiger partial charge >= 0.3 is 0 Å². The molecule has 4 nitrogen and oxygen atoms in total. The summed E-state index contributed by atoms with van der Waals surface area (Å²) in [5.74, 6) is -0.440. The Morgan fingerprint density at radius 2 is 2.12 bits per heavy atom. The second-order valence-corrected chi connectivity index (χ2v) is 5.77. The van der Waals surface area contributed by atoms with Gasteiger partial charge in [-0.2, -0.15) is 0 Å². The van der Waals surface area contributed by atoms with E-state index in [0.29, 0.717) is 24.5 Å². The van der Waals surface area contributed by atoms with Gasteiger partial charge < -0.3 is 5.32 Å². The topological polar surface area (TPSA) is 72.2 Å². The third-order valence-corrected chi connectivity index (χ3v) is 3.32. The Morgan fingerprint density at radius 3 is 2.71 bits per heavy atom. The molecule has 96 valence electrons. The molecule has 0 amide bonds. The number of primary sulfonamides is 1. The first-order valence-corrected chi connectivity index (χ1v) is 7.13. The first-order valence-electron chi connectivity index (χ1n) is 5.03.